The highest BCUT2D eigenvalue weighted by Gasteiger charge is 2.30. The van der Waals surface area contributed by atoms with Crippen molar-refractivity contribution in [2.75, 3.05) is 18.6 Å². The molecule has 0 unspecified atom stereocenters. The Kier molecular flexibility index (Phi) is 11.3. The van der Waals surface area contributed by atoms with Crippen LogP contribution in [0.4, 0.5) is 39.5 Å². The molecule has 0 spiro atoms. The van der Waals surface area contributed by atoms with Crippen molar-refractivity contribution in [1.82, 2.24) is 19.9 Å². The van der Waals surface area contributed by atoms with Gasteiger partial charge >= 0.3 is 5.97 Å². The number of H-pyrrole nitrogens is 2. The van der Waals surface area contributed by atoms with Gasteiger partial charge in [-0.3, -0.25) is 0 Å². The number of thioether (sulfide) groups is 1. The van der Waals surface area contributed by atoms with E-state index < -0.39 is 75.0 Å². The van der Waals surface area contributed by atoms with Gasteiger partial charge in [0.15, 0.2) is 40.7 Å². The van der Waals surface area contributed by atoms with E-state index in [2.05, 4.69) is 32.6 Å². The van der Waals surface area contributed by atoms with E-state index in [4.69, 9.17) is 16.1 Å². The van der Waals surface area contributed by atoms with Crippen LogP contribution in [0.2, 0.25) is 0 Å². The van der Waals surface area contributed by atoms with E-state index in [1.165, 1.54) is 84.6 Å². The smallest absolute Gasteiger partial charge is 0.338 e. The molecule has 8 bridgehead atoms. The third-order valence-corrected chi connectivity index (χ3v) is 11.8. The highest BCUT2D eigenvalue weighted by atomic mass is 127. The Morgan fingerprint density at radius 2 is 0.985 bits per heavy atom. The lowest BCUT2D eigenvalue weighted by Crippen LogP contribution is -2.07. The normalized spacial score (nSPS) is 12.2. The summed E-state index contributed by atoms with van der Waals surface area (Å²) < 4.78 is 151. The number of fused-ring (bicyclic) bond motifs is 8. The van der Waals surface area contributed by atoms with Gasteiger partial charge in [0.05, 0.1) is 39.5 Å². The van der Waals surface area contributed by atoms with Crippen LogP contribution in [0.5, 0.6) is 0 Å². The minimum Gasteiger partial charge on any atom is -0.461 e. The van der Waals surface area contributed by atoms with Crippen LogP contribution >= 0.6 is 34.4 Å². The van der Waals surface area contributed by atoms with E-state index in [0.717, 1.165) is 3.57 Å². The number of halogens is 10. The van der Waals surface area contributed by atoms with E-state index in [1.807, 2.05) is 0 Å². The quantitative estimate of drug-likeness (QED) is 0.0396. The summed E-state index contributed by atoms with van der Waals surface area (Å²) in [6, 6.07) is 18.7. The van der Waals surface area contributed by atoms with E-state index in [0.29, 0.717) is 22.4 Å². The van der Waals surface area contributed by atoms with Crippen LogP contribution in [-0.2, 0) is 4.74 Å². The van der Waals surface area contributed by atoms with Crippen molar-refractivity contribution < 1.29 is 50.4 Å². The first-order valence-corrected chi connectivity index (χ1v) is 21.4. The first-order chi connectivity index (χ1) is 31.7. The van der Waals surface area contributed by atoms with Crippen molar-refractivity contribution in [2.24, 2.45) is 0 Å². The molecule has 326 valence electrons. The molecule has 4 aromatic carbocycles. The molecular weight excluding hydrogens is 995 g/mol. The summed E-state index contributed by atoms with van der Waals surface area (Å²) in [5.41, 5.74) is -1.65. The molecule has 0 atom stereocenters. The molecule has 7 aromatic rings. The second kappa shape index (κ2) is 17.4. The Morgan fingerprint density at radius 3 is 1.49 bits per heavy atom. The van der Waals surface area contributed by atoms with E-state index in [-0.39, 0.29) is 80.4 Å². The number of hydrogen-bond acceptors (Lipinski definition) is 5. The largest absolute Gasteiger partial charge is 0.461 e. The van der Waals surface area contributed by atoms with Gasteiger partial charge in [0, 0.05) is 61.1 Å². The molecule has 0 radical (unpaired) electrons. The predicted octanol–water partition coefficient (Wildman–Crippen LogP) is 13.7. The number of esters is 1. The van der Waals surface area contributed by atoms with E-state index in [1.54, 1.807) is 24.3 Å². The molecule has 5 heterocycles. The van der Waals surface area contributed by atoms with Crippen molar-refractivity contribution in [1.29, 1.82) is 0 Å². The zero-order valence-electron chi connectivity index (χ0n) is 33.8. The van der Waals surface area contributed by atoms with Crippen LogP contribution in [0, 0.1) is 55.9 Å². The first-order valence-electron chi connectivity index (χ1n) is 19.9. The first kappa shape index (κ1) is 42.4. The van der Waals surface area contributed by atoms with Gasteiger partial charge in [0.2, 0.25) is 5.82 Å². The maximum absolute atomic E-state index is 16.0. The number of nitrogens with zero attached hydrogens (tertiary/aromatic N) is 2. The summed E-state index contributed by atoms with van der Waals surface area (Å²) in [4.78, 5) is 28.5. The molecule has 0 amide bonds. The predicted molar refractivity (Wildman–Crippen MR) is 242 cm³/mol. The SMILES string of the molecule is [3H]CSCCOC(=O)c1ccc(-c2c3nc(c(-c4c(F)cc(F)c(F)c4F)c4ccc([nH]4)c(-c4ccc(I)cc4)c4nc(c(-c5c(F)c(F)c(F)c(F)c5F)c5ccc2[nH]5)C=C4)C=C3)cc1. The van der Waals surface area contributed by atoms with Gasteiger partial charge in [0.25, 0.3) is 0 Å². The van der Waals surface area contributed by atoms with Crippen LogP contribution in [0.1, 0.15) is 34.5 Å². The molecule has 0 aliphatic carbocycles. The molecule has 3 aromatic heterocycles. The number of carbonyl (C=O) groups is 1. The maximum atomic E-state index is 16.0. The molecule has 9 rings (SSSR count). The van der Waals surface area contributed by atoms with Crippen molar-refractivity contribution in [3.05, 3.63) is 163 Å². The second-order valence-corrected chi connectivity index (χ2v) is 16.5. The summed E-state index contributed by atoms with van der Waals surface area (Å²) in [7, 11) is 0. The highest BCUT2D eigenvalue weighted by Crippen LogP contribution is 2.42. The van der Waals surface area contributed by atoms with E-state index in [9.17, 15) is 13.6 Å². The molecule has 65 heavy (non-hydrogen) atoms. The summed E-state index contributed by atoms with van der Waals surface area (Å²) in [5.74, 6) is -18.3. The molecule has 17 heteroatoms. The maximum Gasteiger partial charge on any atom is 0.338 e. The Morgan fingerprint density at radius 1 is 0.554 bits per heavy atom. The molecule has 2 aliphatic rings. The van der Waals surface area contributed by atoms with Gasteiger partial charge in [-0.25, -0.2) is 54.3 Å². The Balaban J connectivity index is 1.43. The number of ether oxygens (including phenoxy) is 1. The van der Waals surface area contributed by atoms with Crippen LogP contribution in [0.15, 0.2) is 78.9 Å². The Hall–Kier alpha value is -6.60. The lowest BCUT2D eigenvalue weighted by Gasteiger charge is -2.10. The molecule has 2 aliphatic heterocycles. The number of rotatable bonds is 8. The number of aromatic amines is 2. The standard InChI is InChI=1S/C48H26F9IN4O2S/c1-65-19-18-64-48(63)23-4-2-21(3-5-23)35-27-10-14-31(59-27)38(37-25(49)20-26(50)41(51)42(37)52)32-15-11-29(60-32)36(22-6-8-24(58)9-7-22)30-13-17-34(62-30)39(33-16-12-28(35)61-33)40-43(53)45(55)47(57)46(56)44(40)54/h2-17,20,60-61H,18-19H2,1H3/i1T. The van der Waals surface area contributed by atoms with Crippen LogP contribution in [0.3, 0.4) is 0 Å². The summed E-state index contributed by atoms with van der Waals surface area (Å²) in [5, 5.41) is 0. The van der Waals surface area contributed by atoms with Crippen molar-refractivity contribution in [2.45, 2.75) is 0 Å². The third kappa shape index (κ3) is 7.79. The van der Waals surface area contributed by atoms with Gasteiger partial charge in [-0.1, -0.05) is 24.3 Å². The molecular formula is C48H26F9IN4O2S. The zero-order valence-corrected chi connectivity index (χ0v) is 35.8. The number of carbonyl (C=O) groups excluding carboxylic acids is 1. The van der Waals surface area contributed by atoms with Crippen LogP contribution < -0.4 is 0 Å². The fourth-order valence-electron chi connectivity index (χ4n) is 7.62. The van der Waals surface area contributed by atoms with Gasteiger partial charge < -0.3 is 14.7 Å². The number of aromatic nitrogens is 4. The van der Waals surface area contributed by atoms with Gasteiger partial charge in [-0.15, -0.1) is 0 Å². The lowest BCUT2D eigenvalue weighted by atomic mass is 10.0. The van der Waals surface area contributed by atoms with Crippen molar-refractivity contribution in [3.8, 4) is 44.5 Å². The summed E-state index contributed by atoms with van der Waals surface area (Å²) >= 11 is 3.34. The zero-order chi connectivity index (χ0) is 46.6. The topological polar surface area (TPSA) is 83.7 Å². The van der Waals surface area contributed by atoms with Crippen LogP contribution in [0.25, 0.3) is 90.9 Å². The summed E-state index contributed by atoms with van der Waals surface area (Å²) in [6.45, 7) is 0.0416. The average molecular weight is 1020 g/mol. The van der Waals surface area contributed by atoms with Gasteiger partial charge in [-0.2, -0.15) is 11.8 Å². The minimum absolute atomic E-state index is 0.0262. The number of hydrogen-bond donors (Lipinski definition) is 2. The van der Waals surface area contributed by atoms with Crippen LogP contribution in [-0.4, -0.2) is 44.5 Å². The summed E-state index contributed by atoms with van der Waals surface area (Å²) in [6.07, 6.45) is 5.66. The number of nitrogens with one attached hydrogen (secondary N) is 2. The number of benzene rings is 4. The molecule has 2 N–H and O–H groups in total. The fourth-order valence-corrected chi connectivity index (χ4v) is 8.19. The third-order valence-electron chi connectivity index (χ3n) is 10.6. The highest BCUT2D eigenvalue weighted by molar-refractivity contribution is 14.1. The minimum atomic E-state index is -2.37. The Labute approximate surface area is 381 Å². The average Bonchev–Trinajstić information content (AvgIpc) is 4.17. The van der Waals surface area contributed by atoms with Gasteiger partial charge in [0.1, 0.15) is 12.4 Å². The molecule has 0 saturated heterocycles. The molecule has 6 nitrogen and oxygen atoms in total. The second-order valence-electron chi connectivity index (χ2n) is 14.4. The molecule has 0 fully saturated rings. The monoisotopic (exact) mass is 1020 g/mol. The molecule has 0 saturated carbocycles. The van der Waals surface area contributed by atoms with Crippen molar-refractivity contribution >= 4 is 86.7 Å². The Bertz CT molecular complexity index is 3370. The van der Waals surface area contributed by atoms with Crippen molar-refractivity contribution in [3.63, 3.8) is 0 Å². The fraction of sp³-hybridized carbons (Fsp3) is 0.0625. The lowest BCUT2D eigenvalue weighted by molar-refractivity contribution is 0.0530. The van der Waals surface area contributed by atoms with E-state index >= 15 is 30.7 Å². The van der Waals surface area contributed by atoms with Gasteiger partial charge in [-0.05, 0) is 113 Å².